The van der Waals surface area contributed by atoms with Crippen LogP contribution in [0.4, 0.5) is 9.59 Å². The summed E-state index contributed by atoms with van der Waals surface area (Å²) in [5.74, 6) is 0.424. The van der Waals surface area contributed by atoms with Crippen molar-refractivity contribution in [3.05, 3.63) is 48.6 Å². The van der Waals surface area contributed by atoms with Gasteiger partial charge in [0.15, 0.2) is 0 Å². The maximum Gasteiger partial charge on any atom is 0.410 e. The van der Waals surface area contributed by atoms with Crippen LogP contribution in [-0.2, 0) is 9.47 Å². The first-order valence-corrected chi connectivity index (χ1v) is 12.0. The molecule has 0 saturated carbocycles. The summed E-state index contributed by atoms with van der Waals surface area (Å²) in [5.41, 5.74) is 0.811. The lowest BCUT2D eigenvalue weighted by Crippen LogP contribution is -2.56. The van der Waals surface area contributed by atoms with Crippen molar-refractivity contribution in [1.29, 1.82) is 0 Å². The molecule has 2 saturated heterocycles. The number of hydrogen-bond donors (Lipinski definition) is 0. The molecule has 0 radical (unpaired) electrons. The Kier molecular flexibility index (Phi) is 8.40. The summed E-state index contributed by atoms with van der Waals surface area (Å²) >= 11 is 0. The van der Waals surface area contributed by atoms with Crippen LogP contribution in [0.5, 0.6) is 0 Å². The third-order valence-electron chi connectivity index (χ3n) is 6.40. The molecule has 1 aromatic carbocycles. The Morgan fingerprint density at radius 3 is 2.30 bits per heavy atom. The van der Waals surface area contributed by atoms with E-state index in [-0.39, 0.29) is 30.9 Å². The molecule has 2 fully saturated rings. The Bertz CT molecular complexity index is 800. The average molecular weight is 458 g/mol. The lowest BCUT2D eigenvalue weighted by Gasteiger charge is -2.47. The highest BCUT2D eigenvalue weighted by molar-refractivity contribution is 5.68. The fraction of sp³-hybridized carbons (Fsp3) is 0.615. The number of piperidine rings is 1. The first-order valence-electron chi connectivity index (χ1n) is 12.0. The number of piperazine rings is 1. The molecule has 33 heavy (non-hydrogen) atoms. The van der Waals surface area contributed by atoms with Crippen LogP contribution < -0.4 is 0 Å². The van der Waals surface area contributed by atoms with Gasteiger partial charge in [0.25, 0.3) is 0 Å². The summed E-state index contributed by atoms with van der Waals surface area (Å²) in [7, 11) is 0. The van der Waals surface area contributed by atoms with Crippen molar-refractivity contribution in [1.82, 2.24) is 14.7 Å². The molecule has 2 heterocycles. The van der Waals surface area contributed by atoms with Gasteiger partial charge >= 0.3 is 12.2 Å². The zero-order valence-corrected chi connectivity index (χ0v) is 20.5. The van der Waals surface area contributed by atoms with Crippen LogP contribution in [0, 0.1) is 5.92 Å². The number of rotatable bonds is 5. The molecule has 0 bridgehead atoms. The van der Waals surface area contributed by atoms with E-state index in [0.717, 1.165) is 19.4 Å². The van der Waals surface area contributed by atoms with Crippen LogP contribution in [0.1, 0.15) is 52.1 Å². The summed E-state index contributed by atoms with van der Waals surface area (Å²) in [6, 6.07) is 11.1. The van der Waals surface area contributed by atoms with Crippen molar-refractivity contribution < 1.29 is 19.1 Å². The molecule has 1 aromatic rings. The number of hydrogen-bond acceptors (Lipinski definition) is 5. The first kappa shape index (κ1) is 25.1. The Hall–Kier alpha value is -2.54. The number of carbonyl (C=O) groups is 2. The van der Waals surface area contributed by atoms with E-state index in [1.165, 1.54) is 5.56 Å². The number of benzene rings is 1. The molecule has 0 N–H and O–H groups in total. The SMILES string of the molecule is C=CCOC(=O)N1CCN(C(c2ccccc2)C2CCN(C(=O)OC(C)(C)C)CC2)[C@@H](C)C1. The second-order valence-electron chi connectivity index (χ2n) is 10.1. The summed E-state index contributed by atoms with van der Waals surface area (Å²) < 4.78 is 10.8. The first-order chi connectivity index (χ1) is 15.7. The van der Waals surface area contributed by atoms with Crippen molar-refractivity contribution in [2.24, 2.45) is 5.92 Å². The van der Waals surface area contributed by atoms with Crippen LogP contribution in [0.3, 0.4) is 0 Å². The molecule has 3 rings (SSSR count). The van der Waals surface area contributed by atoms with Crippen molar-refractivity contribution in [3.8, 4) is 0 Å². The Labute approximate surface area is 198 Å². The highest BCUT2D eigenvalue weighted by atomic mass is 16.6. The minimum atomic E-state index is -0.484. The molecule has 1 unspecified atom stereocenters. The van der Waals surface area contributed by atoms with Gasteiger partial charge in [0.2, 0.25) is 0 Å². The van der Waals surface area contributed by atoms with Gasteiger partial charge in [-0.2, -0.15) is 0 Å². The van der Waals surface area contributed by atoms with E-state index in [1.54, 1.807) is 11.0 Å². The third-order valence-corrected chi connectivity index (χ3v) is 6.40. The van der Waals surface area contributed by atoms with Crippen molar-refractivity contribution in [2.45, 2.75) is 58.2 Å². The van der Waals surface area contributed by atoms with Gasteiger partial charge in [0, 0.05) is 44.8 Å². The van der Waals surface area contributed by atoms with E-state index in [2.05, 4.69) is 42.7 Å². The quantitative estimate of drug-likeness (QED) is 0.600. The number of likely N-dealkylation sites (tertiary alicyclic amines) is 1. The van der Waals surface area contributed by atoms with Crippen LogP contribution in [0.15, 0.2) is 43.0 Å². The minimum absolute atomic E-state index is 0.198. The summed E-state index contributed by atoms with van der Waals surface area (Å²) in [6.45, 7) is 15.2. The number of carbonyl (C=O) groups excluding carboxylic acids is 2. The van der Waals surface area contributed by atoms with Crippen LogP contribution in [-0.4, -0.2) is 77.9 Å². The van der Waals surface area contributed by atoms with Gasteiger partial charge in [0.1, 0.15) is 12.2 Å². The Balaban J connectivity index is 1.69. The molecule has 182 valence electrons. The highest BCUT2D eigenvalue weighted by Gasteiger charge is 2.38. The molecule has 0 aliphatic carbocycles. The third kappa shape index (κ3) is 6.73. The molecule has 0 aromatic heterocycles. The van der Waals surface area contributed by atoms with Crippen LogP contribution in [0.2, 0.25) is 0 Å². The van der Waals surface area contributed by atoms with Gasteiger partial charge in [-0.15, -0.1) is 0 Å². The molecule has 2 amide bonds. The topological polar surface area (TPSA) is 62.3 Å². The van der Waals surface area contributed by atoms with Crippen LogP contribution >= 0.6 is 0 Å². The van der Waals surface area contributed by atoms with E-state index in [1.807, 2.05) is 31.7 Å². The van der Waals surface area contributed by atoms with Gasteiger partial charge in [-0.3, -0.25) is 4.90 Å². The number of ether oxygens (including phenoxy) is 2. The summed E-state index contributed by atoms with van der Waals surface area (Å²) in [5, 5.41) is 0. The fourth-order valence-electron chi connectivity index (χ4n) is 4.88. The van der Waals surface area contributed by atoms with Crippen molar-refractivity contribution in [3.63, 3.8) is 0 Å². The van der Waals surface area contributed by atoms with Crippen molar-refractivity contribution in [2.75, 3.05) is 39.3 Å². The van der Waals surface area contributed by atoms with E-state index in [0.29, 0.717) is 32.1 Å². The van der Waals surface area contributed by atoms with E-state index in [9.17, 15) is 9.59 Å². The number of nitrogens with zero attached hydrogens (tertiary/aromatic N) is 3. The minimum Gasteiger partial charge on any atom is -0.445 e. The second-order valence-corrected chi connectivity index (χ2v) is 10.1. The Morgan fingerprint density at radius 1 is 1.06 bits per heavy atom. The molecule has 0 spiro atoms. The number of amides is 2. The fourth-order valence-corrected chi connectivity index (χ4v) is 4.88. The highest BCUT2D eigenvalue weighted by Crippen LogP contribution is 2.38. The van der Waals surface area contributed by atoms with Gasteiger partial charge < -0.3 is 19.3 Å². The molecular weight excluding hydrogens is 418 g/mol. The zero-order valence-electron chi connectivity index (χ0n) is 20.5. The molecule has 7 nitrogen and oxygen atoms in total. The van der Waals surface area contributed by atoms with Gasteiger partial charge in [-0.05, 0) is 52.0 Å². The summed E-state index contributed by atoms with van der Waals surface area (Å²) in [4.78, 5) is 31.0. The Morgan fingerprint density at radius 2 is 1.73 bits per heavy atom. The molecule has 2 aliphatic rings. The van der Waals surface area contributed by atoms with Gasteiger partial charge in [0.05, 0.1) is 0 Å². The molecule has 7 heteroatoms. The predicted octanol–water partition coefficient (Wildman–Crippen LogP) is 4.70. The molecule has 2 aliphatic heterocycles. The normalized spacial score (nSPS) is 21.4. The smallest absolute Gasteiger partial charge is 0.410 e. The van der Waals surface area contributed by atoms with E-state index in [4.69, 9.17) is 9.47 Å². The van der Waals surface area contributed by atoms with E-state index < -0.39 is 5.60 Å². The van der Waals surface area contributed by atoms with Gasteiger partial charge in [-0.1, -0.05) is 43.0 Å². The lowest BCUT2D eigenvalue weighted by atomic mass is 9.83. The average Bonchev–Trinajstić information content (AvgIpc) is 2.78. The standard InChI is InChI=1S/C26H39N3O4/c1-6-18-32-24(30)28-16-17-29(20(2)19-28)23(21-10-8-7-9-11-21)22-12-14-27(15-13-22)25(31)33-26(3,4)5/h6-11,20,22-23H,1,12-19H2,2-5H3/t20-,23?/m0/s1. The maximum absolute atomic E-state index is 12.5. The predicted molar refractivity (Wildman–Crippen MR) is 129 cm³/mol. The zero-order chi connectivity index (χ0) is 24.0. The molecule has 2 atom stereocenters. The molecular formula is C26H39N3O4. The maximum atomic E-state index is 12.5. The largest absolute Gasteiger partial charge is 0.445 e. The van der Waals surface area contributed by atoms with E-state index >= 15 is 0 Å². The lowest BCUT2D eigenvalue weighted by molar-refractivity contribution is -0.00322. The van der Waals surface area contributed by atoms with Crippen molar-refractivity contribution >= 4 is 12.2 Å². The van der Waals surface area contributed by atoms with Crippen LogP contribution in [0.25, 0.3) is 0 Å². The second kappa shape index (κ2) is 11.1. The monoisotopic (exact) mass is 457 g/mol. The summed E-state index contributed by atoms with van der Waals surface area (Å²) in [6.07, 6.45) is 2.94. The van der Waals surface area contributed by atoms with Gasteiger partial charge in [-0.25, -0.2) is 9.59 Å².